The Balaban J connectivity index is 1.42. The third-order valence-electron chi connectivity index (χ3n) is 5.16. The molecule has 3 heterocycles. The Morgan fingerprint density at radius 1 is 1.07 bits per heavy atom. The lowest BCUT2D eigenvalue weighted by molar-refractivity contribution is 0.0491. The van der Waals surface area contributed by atoms with E-state index in [0.717, 1.165) is 56.0 Å². The van der Waals surface area contributed by atoms with Crippen molar-refractivity contribution in [2.45, 2.75) is 32.5 Å². The summed E-state index contributed by atoms with van der Waals surface area (Å²) in [4.78, 5) is 14.4. The van der Waals surface area contributed by atoms with Gasteiger partial charge in [-0.25, -0.2) is 4.98 Å². The van der Waals surface area contributed by atoms with Gasteiger partial charge in [0.15, 0.2) is 0 Å². The van der Waals surface area contributed by atoms with Crippen LogP contribution in [0.3, 0.4) is 0 Å². The molecule has 0 saturated carbocycles. The van der Waals surface area contributed by atoms with E-state index in [1.807, 2.05) is 19.1 Å². The zero-order valence-corrected chi connectivity index (χ0v) is 16.5. The van der Waals surface area contributed by atoms with E-state index < -0.39 is 0 Å². The summed E-state index contributed by atoms with van der Waals surface area (Å²) in [5.41, 5.74) is 3.26. The molecule has 0 aliphatic carbocycles. The van der Waals surface area contributed by atoms with Crippen molar-refractivity contribution in [2.75, 3.05) is 26.2 Å². The molecule has 2 aromatic heterocycles. The number of pyridine rings is 1. The lowest BCUT2D eigenvalue weighted by atomic mass is 10.1. The first kappa shape index (κ1) is 18.5. The highest BCUT2D eigenvalue weighted by atomic mass is 32.1. The van der Waals surface area contributed by atoms with Crippen LogP contribution < -0.4 is 0 Å². The molecule has 1 atom stereocenters. The second-order valence-corrected chi connectivity index (χ2v) is 8.33. The van der Waals surface area contributed by atoms with Crippen molar-refractivity contribution in [3.05, 3.63) is 58.9 Å². The monoisotopic (exact) mass is 382 g/mol. The lowest BCUT2D eigenvalue weighted by Gasteiger charge is -2.41. The predicted molar refractivity (Wildman–Crippen MR) is 110 cm³/mol. The molecule has 142 valence electrons. The number of aliphatic hydroxyl groups excluding tert-OH is 1. The van der Waals surface area contributed by atoms with Gasteiger partial charge in [0.1, 0.15) is 5.01 Å². The molecule has 1 saturated heterocycles. The summed E-state index contributed by atoms with van der Waals surface area (Å²) in [5.74, 6) is 0. The van der Waals surface area contributed by atoms with Crippen molar-refractivity contribution in [1.82, 2.24) is 19.8 Å². The van der Waals surface area contributed by atoms with E-state index in [2.05, 4.69) is 45.1 Å². The summed E-state index contributed by atoms with van der Waals surface area (Å²) in [6.07, 6.45) is 0.794. The highest BCUT2D eigenvalue weighted by molar-refractivity contribution is 7.18. The molecule has 0 radical (unpaired) electrons. The Morgan fingerprint density at radius 3 is 2.78 bits per heavy atom. The molecule has 0 spiro atoms. The van der Waals surface area contributed by atoms with Gasteiger partial charge in [-0.05, 0) is 37.6 Å². The van der Waals surface area contributed by atoms with Gasteiger partial charge in [-0.15, -0.1) is 11.3 Å². The van der Waals surface area contributed by atoms with Crippen molar-refractivity contribution in [3.8, 4) is 0 Å². The minimum atomic E-state index is 0.220. The van der Waals surface area contributed by atoms with Crippen LogP contribution >= 0.6 is 11.3 Å². The third-order valence-corrected chi connectivity index (χ3v) is 6.18. The van der Waals surface area contributed by atoms with Crippen LogP contribution in [-0.4, -0.2) is 57.2 Å². The second kappa shape index (κ2) is 8.44. The molecule has 0 bridgehead atoms. The van der Waals surface area contributed by atoms with E-state index in [4.69, 9.17) is 4.98 Å². The molecular weight excluding hydrogens is 356 g/mol. The highest BCUT2D eigenvalue weighted by Crippen LogP contribution is 2.24. The molecular formula is C21H26N4OS. The SMILES string of the molecule is Cc1cccc(CN2CCN(Cc3nc4ccccc4s3)C[C@H]2CCO)n1. The van der Waals surface area contributed by atoms with Crippen molar-refractivity contribution in [3.63, 3.8) is 0 Å². The molecule has 0 amide bonds. The number of piperazine rings is 1. The quantitative estimate of drug-likeness (QED) is 0.710. The minimum absolute atomic E-state index is 0.220. The fourth-order valence-corrected chi connectivity index (χ4v) is 4.82. The zero-order chi connectivity index (χ0) is 18.6. The third kappa shape index (κ3) is 4.52. The summed E-state index contributed by atoms with van der Waals surface area (Å²) in [7, 11) is 0. The Kier molecular flexibility index (Phi) is 5.78. The standard InChI is InChI=1S/C21H26N4OS/c1-16-5-4-6-17(22-16)13-25-11-10-24(14-18(25)9-12-26)15-21-23-19-7-2-3-8-20(19)27-21/h2-8,18,26H,9-15H2,1H3/t18-/m1/s1. The first-order chi connectivity index (χ1) is 13.2. The van der Waals surface area contributed by atoms with E-state index in [-0.39, 0.29) is 6.61 Å². The maximum Gasteiger partial charge on any atom is 0.108 e. The van der Waals surface area contributed by atoms with Crippen molar-refractivity contribution >= 4 is 21.6 Å². The van der Waals surface area contributed by atoms with Gasteiger partial charge in [0, 0.05) is 44.5 Å². The molecule has 0 unspecified atom stereocenters. The zero-order valence-electron chi connectivity index (χ0n) is 15.7. The van der Waals surface area contributed by atoms with Gasteiger partial charge in [-0.1, -0.05) is 18.2 Å². The van der Waals surface area contributed by atoms with Crippen LogP contribution in [0.15, 0.2) is 42.5 Å². The Hall–Kier alpha value is -1.86. The number of aliphatic hydroxyl groups is 1. The molecule has 1 aliphatic heterocycles. The van der Waals surface area contributed by atoms with E-state index in [0.29, 0.717) is 6.04 Å². The summed E-state index contributed by atoms with van der Waals surface area (Å²) in [6, 6.07) is 14.9. The van der Waals surface area contributed by atoms with Crippen molar-refractivity contribution < 1.29 is 5.11 Å². The number of thiazole rings is 1. The van der Waals surface area contributed by atoms with Crippen LogP contribution in [0, 0.1) is 6.92 Å². The highest BCUT2D eigenvalue weighted by Gasteiger charge is 2.27. The van der Waals surface area contributed by atoms with Gasteiger partial charge < -0.3 is 5.11 Å². The number of aromatic nitrogens is 2. The Bertz CT molecular complexity index is 864. The Labute approximate surface area is 164 Å². The molecule has 1 N–H and O–H groups in total. The summed E-state index contributed by atoms with van der Waals surface area (Å²) in [5, 5.41) is 10.7. The molecule has 1 aliphatic rings. The van der Waals surface area contributed by atoms with E-state index in [1.165, 1.54) is 9.71 Å². The molecule has 1 aromatic carbocycles. The van der Waals surface area contributed by atoms with E-state index in [9.17, 15) is 5.11 Å². The smallest absolute Gasteiger partial charge is 0.108 e. The molecule has 27 heavy (non-hydrogen) atoms. The second-order valence-electron chi connectivity index (χ2n) is 7.22. The van der Waals surface area contributed by atoms with Gasteiger partial charge >= 0.3 is 0 Å². The number of benzene rings is 1. The maximum atomic E-state index is 9.55. The van der Waals surface area contributed by atoms with E-state index >= 15 is 0 Å². The average Bonchev–Trinajstić information content (AvgIpc) is 3.06. The molecule has 5 nitrogen and oxygen atoms in total. The summed E-state index contributed by atoms with van der Waals surface area (Å²) < 4.78 is 1.25. The van der Waals surface area contributed by atoms with Gasteiger partial charge in [-0.2, -0.15) is 0 Å². The maximum absolute atomic E-state index is 9.55. The molecule has 4 rings (SSSR count). The largest absolute Gasteiger partial charge is 0.396 e. The van der Waals surface area contributed by atoms with Gasteiger partial charge in [0.2, 0.25) is 0 Å². The van der Waals surface area contributed by atoms with Crippen LogP contribution in [0.2, 0.25) is 0 Å². The lowest BCUT2D eigenvalue weighted by Crippen LogP contribution is -2.52. The normalized spacial score (nSPS) is 19.0. The van der Waals surface area contributed by atoms with Crippen molar-refractivity contribution in [1.29, 1.82) is 0 Å². The number of hydrogen-bond acceptors (Lipinski definition) is 6. The minimum Gasteiger partial charge on any atom is -0.396 e. The number of hydrogen-bond donors (Lipinski definition) is 1. The van der Waals surface area contributed by atoms with Crippen molar-refractivity contribution in [2.24, 2.45) is 0 Å². The average molecular weight is 383 g/mol. The summed E-state index contributed by atoms with van der Waals surface area (Å²) in [6.45, 7) is 6.96. The molecule has 3 aromatic rings. The fourth-order valence-electron chi connectivity index (χ4n) is 3.81. The first-order valence-electron chi connectivity index (χ1n) is 9.55. The van der Waals surface area contributed by atoms with Crippen LogP contribution in [0.4, 0.5) is 0 Å². The van der Waals surface area contributed by atoms with Gasteiger partial charge in [0.25, 0.3) is 0 Å². The fraction of sp³-hybridized carbons (Fsp3) is 0.429. The number of nitrogens with zero attached hydrogens (tertiary/aromatic N) is 4. The molecule has 1 fully saturated rings. The number of rotatable bonds is 6. The van der Waals surface area contributed by atoms with E-state index in [1.54, 1.807) is 11.3 Å². The van der Waals surface area contributed by atoms with Gasteiger partial charge in [0.05, 0.1) is 22.5 Å². The topological polar surface area (TPSA) is 52.5 Å². The van der Waals surface area contributed by atoms with Gasteiger partial charge in [-0.3, -0.25) is 14.8 Å². The van der Waals surface area contributed by atoms with Crippen LogP contribution in [0.25, 0.3) is 10.2 Å². The number of fused-ring (bicyclic) bond motifs is 1. The number of para-hydroxylation sites is 1. The summed E-state index contributed by atoms with van der Waals surface area (Å²) >= 11 is 1.78. The van der Waals surface area contributed by atoms with Crippen LogP contribution in [0.1, 0.15) is 22.8 Å². The predicted octanol–water partition coefficient (Wildman–Crippen LogP) is 3.07. The van der Waals surface area contributed by atoms with Crippen LogP contribution in [-0.2, 0) is 13.1 Å². The van der Waals surface area contributed by atoms with Crippen LogP contribution in [0.5, 0.6) is 0 Å². The molecule has 6 heteroatoms. The number of aryl methyl sites for hydroxylation is 1. The first-order valence-corrected chi connectivity index (χ1v) is 10.4. The Morgan fingerprint density at radius 2 is 1.96 bits per heavy atom.